The van der Waals surface area contributed by atoms with Gasteiger partial charge in [0.05, 0.1) is 5.69 Å². The molecule has 0 bridgehead atoms. The Morgan fingerprint density at radius 3 is 3.06 bits per heavy atom. The van der Waals surface area contributed by atoms with Crippen LogP contribution in [0.5, 0.6) is 0 Å². The van der Waals surface area contributed by atoms with Crippen LogP contribution in [0.4, 0.5) is 4.39 Å². The van der Waals surface area contributed by atoms with Gasteiger partial charge in [-0.25, -0.2) is 9.37 Å². The number of nitrogens with zero attached hydrogens (tertiary/aromatic N) is 1. The van der Waals surface area contributed by atoms with E-state index in [9.17, 15) is 4.39 Å². The highest BCUT2D eigenvalue weighted by molar-refractivity contribution is 7.13. The summed E-state index contributed by atoms with van der Waals surface area (Å²) in [7, 11) is 0. The summed E-state index contributed by atoms with van der Waals surface area (Å²) in [5.74, 6) is -0.197. The Kier molecular flexibility index (Phi) is 3.39. The van der Waals surface area contributed by atoms with Gasteiger partial charge in [0.15, 0.2) is 0 Å². The SMILES string of the molecule is Fc1ccccc1-c1nc(CC2CCCN2)cs1. The van der Waals surface area contributed by atoms with Gasteiger partial charge in [-0.15, -0.1) is 11.3 Å². The van der Waals surface area contributed by atoms with Gasteiger partial charge in [0.2, 0.25) is 0 Å². The van der Waals surface area contributed by atoms with Crippen molar-refractivity contribution >= 4 is 11.3 Å². The van der Waals surface area contributed by atoms with Gasteiger partial charge in [-0.05, 0) is 31.5 Å². The predicted molar refractivity (Wildman–Crippen MR) is 72.2 cm³/mol. The molecule has 0 radical (unpaired) electrons. The lowest BCUT2D eigenvalue weighted by Crippen LogP contribution is -2.23. The molecule has 1 unspecified atom stereocenters. The first-order chi connectivity index (χ1) is 8.83. The van der Waals surface area contributed by atoms with Crippen LogP contribution in [0, 0.1) is 5.82 Å². The van der Waals surface area contributed by atoms with E-state index < -0.39 is 0 Å². The second kappa shape index (κ2) is 5.16. The molecule has 1 N–H and O–H groups in total. The first-order valence-electron chi connectivity index (χ1n) is 6.25. The fraction of sp³-hybridized carbons (Fsp3) is 0.357. The molecule has 1 atom stereocenters. The van der Waals surface area contributed by atoms with Crippen LogP contribution in [0.25, 0.3) is 10.6 Å². The summed E-state index contributed by atoms with van der Waals surface area (Å²) < 4.78 is 13.6. The maximum atomic E-state index is 13.6. The Bertz CT molecular complexity index is 532. The average molecular weight is 262 g/mol. The zero-order valence-corrected chi connectivity index (χ0v) is 10.8. The molecule has 4 heteroatoms. The maximum Gasteiger partial charge on any atom is 0.133 e. The van der Waals surface area contributed by atoms with Gasteiger partial charge >= 0.3 is 0 Å². The molecule has 0 spiro atoms. The number of halogens is 1. The second-order valence-electron chi connectivity index (χ2n) is 4.62. The molecular weight excluding hydrogens is 247 g/mol. The van der Waals surface area contributed by atoms with Gasteiger partial charge in [0.25, 0.3) is 0 Å². The van der Waals surface area contributed by atoms with Crippen molar-refractivity contribution in [2.45, 2.75) is 25.3 Å². The fourth-order valence-corrected chi connectivity index (χ4v) is 3.20. The van der Waals surface area contributed by atoms with Gasteiger partial charge < -0.3 is 5.32 Å². The smallest absolute Gasteiger partial charge is 0.133 e. The average Bonchev–Trinajstić information content (AvgIpc) is 3.02. The zero-order chi connectivity index (χ0) is 12.4. The Hall–Kier alpha value is -1.26. The molecule has 18 heavy (non-hydrogen) atoms. The molecule has 1 saturated heterocycles. The summed E-state index contributed by atoms with van der Waals surface area (Å²) in [5.41, 5.74) is 1.67. The highest BCUT2D eigenvalue weighted by Gasteiger charge is 2.16. The minimum absolute atomic E-state index is 0.197. The van der Waals surface area contributed by atoms with Gasteiger partial charge in [0, 0.05) is 23.4 Å². The molecule has 1 aliphatic rings. The van der Waals surface area contributed by atoms with Crippen LogP contribution in [-0.4, -0.2) is 17.6 Å². The quantitative estimate of drug-likeness (QED) is 0.918. The minimum atomic E-state index is -0.197. The first-order valence-corrected chi connectivity index (χ1v) is 7.13. The summed E-state index contributed by atoms with van der Waals surface area (Å²) >= 11 is 1.52. The largest absolute Gasteiger partial charge is 0.314 e. The van der Waals surface area contributed by atoms with Crippen molar-refractivity contribution in [1.82, 2.24) is 10.3 Å². The van der Waals surface area contributed by atoms with Crippen LogP contribution in [0.2, 0.25) is 0 Å². The summed E-state index contributed by atoms with van der Waals surface area (Å²) in [5, 5.41) is 6.28. The molecule has 1 fully saturated rings. The van der Waals surface area contributed by atoms with Crippen LogP contribution >= 0.6 is 11.3 Å². The number of aromatic nitrogens is 1. The van der Waals surface area contributed by atoms with E-state index in [1.54, 1.807) is 12.1 Å². The summed E-state index contributed by atoms with van der Waals surface area (Å²) in [6.45, 7) is 1.11. The third-order valence-corrected chi connectivity index (χ3v) is 4.20. The van der Waals surface area contributed by atoms with Crippen molar-refractivity contribution in [1.29, 1.82) is 0 Å². The molecule has 2 nitrogen and oxygen atoms in total. The number of thiazole rings is 1. The monoisotopic (exact) mass is 262 g/mol. The topological polar surface area (TPSA) is 24.9 Å². The van der Waals surface area contributed by atoms with E-state index in [1.165, 1.54) is 30.2 Å². The third-order valence-electron chi connectivity index (χ3n) is 3.27. The first kappa shape index (κ1) is 11.8. The van der Waals surface area contributed by atoms with E-state index in [0.717, 1.165) is 23.7 Å². The Morgan fingerprint density at radius 2 is 2.28 bits per heavy atom. The summed E-state index contributed by atoms with van der Waals surface area (Å²) in [4.78, 5) is 4.54. The lowest BCUT2D eigenvalue weighted by molar-refractivity contribution is 0.597. The number of hydrogen-bond donors (Lipinski definition) is 1. The zero-order valence-electron chi connectivity index (χ0n) is 10.0. The number of rotatable bonds is 3. The molecule has 2 aromatic rings. The summed E-state index contributed by atoms with van der Waals surface area (Å²) in [6.07, 6.45) is 3.41. The van der Waals surface area contributed by atoms with Gasteiger partial charge in [-0.2, -0.15) is 0 Å². The maximum absolute atomic E-state index is 13.6. The van der Waals surface area contributed by atoms with E-state index in [1.807, 2.05) is 11.4 Å². The molecule has 0 saturated carbocycles. The Labute approximate surface area is 110 Å². The van der Waals surface area contributed by atoms with Crippen LogP contribution in [0.15, 0.2) is 29.6 Å². The van der Waals surface area contributed by atoms with Crippen LogP contribution in [0.1, 0.15) is 18.5 Å². The van der Waals surface area contributed by atoms with E-state index in [0.29, 0.717) is 11.6 Å². The second-order valence-corrected chi connectivity index (χ2v) is 5.48. The van der Waals surface area contributed by atoms with Crippen molar-refractivity contribution in [3.05, 3.63) is 41.2 Å². The molecular formula is C14H15FN2S. The lowest BCUT2D eigenvalue weighted by Gasteiger charge is -2.06. The molecule has 2 heterocycles. The van der Waals surface area contributed by atoms with E-state index in [4.69, 9.17) is 0 Å². The van der Waals surface area contributed by atoms with Crippen LogP contribution in [0.3, 0.4) is 0 Å². The third kappa shape index (κ3) is 2.44. The highest BCUT2D eigenvalue weighted by Crippen LogP contribution is 2.26. The molecule has 0 amide bonds. The van der Waals surface area contributed by atoms with Crippen molar-refractivity contribution in [2.24, 2.45) is 0 Å². The Morgan fingerprint density at radius 1 is 1.39 bits per heavy atom. The highest BCUT2D eigenvalue weighted by atomic mass is 32.1. The van der Waals surface area contributed by atoms with Crippen LogP contribution < -0.4 is 5.32 Å². The fourth-order valence-electron chi connectivity index (χ4n) is 2.34. The van der Waals surface area contributed by atoms with E-state index in [2.05, 4.69) is 10.3 Å². The van der Waals surface area contributed by atoms with Gasteiger partial charge in [-0.3, -0.25) is 0 Å². The summed E-state index contributed by atoms with van der Waals surface area (Å²) in [6, 6.07) is 7.36. The number of hydrogen-bond acceptors (Lipinski definition) is 3. The number of benzene rings is 1. The van der Waals surface area contributed by atoms with Crippen LogP contribution in [-0.2, 0) is 6.42 Å². The molecule has 1 aromatic heterocycles. The van der Waals surface area contributed by atoms with E-state index >= 15 is 0 Å². The molecule has 1 aliphatic heterocycles. The van der Waals surface area contributed by atoms with Crippen molar-refractivity contribution in [3.63, 3.8) is 0 Å². The van der Waals surface area contributed by atoms with Crippen molar-refractivity contribution in [3.8, 4) is 10.6 Å². The van der Waals surface area contributed by atoms with Gasteiger partial charge in [-0.1, -0.05) is 12.1 Å². The predicted octanol–water partition coefficient (Wildman–Crippen LogP) is 3.24. The van der Waals surface area contributed by atoms with Crippen molar-refractivity contribution < 1.29 is 4.39 Å². The molecule has 0 aliphatic carbocycles. The van der Waals surface area contributed by atoms with E-state index in [-0.39, 0.29) is 5.82 Å². The standard InChI is InChI=1S/C14H15FN2S/c15-13-6-2-1-5-12(13)14-17-11(9-18-14)8-10-4-3-7-16-10/h1-2,5-6,9-10,16H,3-4,7-8H2. The molecule has 3 rings (SSSR count). The Balaban J connectivity index is 1.79. The number of nitrogens with one attached hydrogen (secondary N) is 1. The normalized spacial score (nSPS) is 19.3. The minimum Gasteiger partial charge on any atom is -0.314 e. The molecule has 1 aromatic carbocycles. The van der Waals surface area contributed by atoms with Gasteiger partial charge in [0.1, 0.15) is 10.8 Å². The lowest BCUT2D eigenvalue weighted by atomic mass is 10.1. The molecule has 94 valence electrons. The van der Waals surface area contributed by atoms with Crippen molar-refractivity contribution in [2.75, 3.05) is 6.54 Å².